The summed E-state index contributed by atoms with van der Waals surface area (Å²) >= 11 is 3.53. The number of likely N-dealkylation sites (tertiary alicyclic amines) is 2. The summed E-state index contributed by atoms with van der Waals surface area (Å²) in [4.78, 5) is 9.57. The Bertz CT molecular complexity index is 581. The zero-order valence-electron chi connectivity index (χ0n) is 14.9. The van der Waals surface area contributed by atoms with Crippen molar-refractivity contribution < 1.29 is 0 Å². The molecule has 0 bridgehead atoms. The number of nitrogens with one attached hydrogen (secondary N) is 1. The first-order valence-electron chi connectivity index (χ1n) is 9.08. The SMILES string of the molecule is CN=C(NCc1ccc(Br)cc1C)N1CCC(CN2CCCC2)C1. The molecule has 0 amide bonds. The first kappa shape index (κ1) is 17.7. The van der Waals surface area contributed by atoms with Gasteiger partial charge in [0.25, 0.3) is 0 Å². The van der Waals surface area contributed by atoms with Gasteiger partial charge in [-0.3, -0.25) is 4.99 Å². The summed E-state index contributed by atoms with van der Waals surface area (Å²) in [6.45, 7) is 9.11. The molecule has 1 aromatic carbocycles. The number of hydrogen-bond acceptors (Lipinski definition) is 2. The van der Waals surface area contributed by atoms with Crippen LogP contribution in [0.3, 0.4) is 0 Å². The summed E-state index contributed by atoms with van der Waals surface area (Å²) in [5.41, 5.74) is 2.63. The van der Waals surface area contributed by atoms with E-state index in [1.165, 1.54) is 50.0 Å². The molecule has 1 atom stereocenters. The van der Waals surface area contributed by atoms with Crippen LogP contribution in [0.2, 0.25) is 0 Å². The van der Waals surface area contributed by atoms with Gasteiger partial charge in [-0.2, -0.15) is 0 Å². The number of aryl methyl sites for hydroxylation is 1. The van der Waals surface area contributed by atoms with E-state index in [1.807, 2.05) is 7.05 Å². The average molecular weight is 393 g/mol. The minimum atomic E-state index is 0.788. The van der Waals surface area contributed by atoms with Gasteiger partial charge >= 0.3 is 0 Å². The Hall–Kier alpha value is -1.07. The van der Waals surface area contributed by atoms with Gasteiger partial charge in [0.15, 0.2) is 5.96 Å². The van der Waals surface area contributed by atoms with Gasteiger partial charge in [-0.25, -0.2) is 0 Å². The summed E-state index contributed by atoms with van der Waals surface area (Å²) in [5.74, 6) is 1.83. The minimum Gasteiger partial charge on any atom is -0.352 e. The fourth-order valence-corrected chi connectivity index (χ4v) is 4.34. The molecule has 2 saturated heterocycles. The highest BCUT2D eigenvalue weighted by atomic mass is 79.9. The van der Waals surface area contributed by atoms with E-state index in [9.17, 15) is 0 Å². The number of hydrogen-bond donors (Lipinski definition) is 1. The third kappa shape index (κ3) is 4.51. The van der Waals surface area contributed by atoms with E-state index in [2.05, 4.69) is 61.2 Å². The molecule has 0 saturated carbocycles. The molecule has 3 rings (SSSR count). The molecular formula is C19H29BrN4. The highest BCUT2D eigenvalue weighted by Gasteiger charge is 2.27. The molecule has 2 heterocycles. The Morgan fingerprint density at radius 1 is 1.29 bits per heavy atom. The maximum Gasteiger partial charge on any atom is 0.193 e. The topological polar surface area (TPSA) is 30.9 Å². The van der Waals surface area contributed by atoms with E-state index in [0.717, 1.165) is 36.0 Å². The van der Waals surface area contributed by atoms with Crippen LogP contribution in [0.5, 0.6) is 0 Å². The third-order valence-corrected chi connectivity index (χ3v) is 5.75. The van der Waals surface area contributed by atoms with E-state index in [-0.39, 0.29) is 0 Å². The molecule has 0 aliphatic carbocycles. The van der Waals surface area contributed by atoms with Gasteiger partial charge < -0.3 is 15.1 Å². The molecule has 0 radical (unpaired) electrons. The molecule has 2 fully saturated rings. The molecule has 132 valence electrons. The smallest absolute Gasteiger partial charge is 0.193 e. The summed E-state index contributed by atoms with van der Waals surface area (Å²) in [6.07, 6.45) is 4.05. The molecule has 1 aromatic rings. The molecule has 0 spiro atoms. The second-order valence-corrected chi connectivity index (χ2v) is 8.00. The fourth-order valence-electron chi connectivity index (χ4n) is 3.87. The van der Waals surface area contributed by atoms with E-state index >= 15 is 0 Å². The Morgan fingerprint density at radius 2 is 2.08 bits per heavy atom. The van der Waals surface area contributed by atoms with Crippen LogP contribution < -0.4 is 5.32 Å². The number of halogens is 1. The lowest BCUT2D eigenvalue weighted by Crippen LogP contribution is -2.40. The predicted octanol–water partition coefficient (Wildman–Crippen LogP) is 3.25. The number of benzene rings is 1. The van der Waals surface area contributed by atoms with Gasteiger partial charge in [0.05, 0.1) is 0 Å². The summed E-state index contributed by atoms with van der Waals surface area (Å²) < 4.78 is 1.14. The van der Waals surface area contributed by atoms with Crippen molar-refractivity contribution in [2.75, 3.05) is 39.8 Å². The number of nitrogens with zero attached hydrogens (tertiary/aromatic N) is 3. The van der Waals surface area contributed by atoms with Crippen molar-refractivity contribution in [2.24, 2.45) is 10.9 Å². The summed E-state index contributed by atoms with van der Waals surface area (Å²) in [5, 5.41) is 3.55. The molecule has 1 unspecified atom stereocenters. The third-order valence-electron chi connectivity index (χ3n) is 5.25. The van der Waals surface area contributed by atoms with Crippen LogP contribution >= 0.6 is 15.9 Å². The van der Waals surface area contributed by atoms with Crippen LogP contribution in [0.15, 0.2) is 27.7 Å². The fraction of sp³-hybridized carbons (Fsp3) is 0.632. The second-order valence-electron chi connectivity index (χ2n) is 7.08. The van der Waals surface area contributed by atoms with Crippen molar-refractivity contribution in [1.29, 1.82) is 0 Å². The number of guanidine groups is 1. The second kappa shape index (κ2) is 8.34. The zero-order valence-corrected chi connectivity index (χ0v) is 16.5. The van der Waals surface area contributed by atoms with E-state index in [0.29, 0.717) is 0 Å². The van der Waals surface area contributed by atoms with Gasteiger partial charge in [0.2, 0.25) is 0 Å². The molecular weight excluding hydrogens is 364 g/mol. The first-order chi connectivity index (χ1) is 11.7. The molecule has 2 aliphatic heterocycles. The maximum atomic E-state index is 4.51. The Kier molecular flexibility index (Phi) is 6.17. The quantitative estimate of drug-likeness (QED) is 0.630. The van der Waals surface area contributed by atoms with Crippen LogP contribution in [0, 0.1) is 12.8 Å². The lowest BCUT2D eigenvalue weighted by atomic mass is 10.1. The number of rotatable bonds is 4. The van der Waals surface area contributed by atoms with Crippen molar-refractivity contribution in [3.63, 3.8) is 0 Å². The van der Waals surface area contributed by atoms with Crippen molar-refractivity contribution in [3.8, 4) is 0 Å². The van der Waals surface area contributed by atoms with Crippen molar-refractivity contribution in [3.05, 3.63) is 33.8 Å². The van der Waals surface area contributed by atoms with Crippen molar-refractivity contribution in [1.82, 2.24) is 15.1 Å². The molecule has 4 nitrogen and oxygen atoms in total. The minimum absolute atomic E-state index is 0.788. The highest BCUT2D eigenvalue weighted by molar-refractivity contribution is 9.10. The van der Waals surface area contributed by atoms with Gasteiger partial charge in [-0.1, -0.05) is 22.0 Å². The van der Waals surface area contributed by atoms with Crippen LogP contribution in [-0.2, 0) is 6.54 Å². The lowest BCUT2D eigenvalue weighted by molar-refractivity contribution is 0.281. The first-order valence-corrected chi connectivity index (χ1v) is 9.88. The summed E-state index contributed by atoms with van der Waals surface area (Å²) in [6, 6.07) is 6.45. The van der Waals surface area contributed by atoms with Crippen LogP contribution in [-0.4, -0.2) is 55.5 Å². The zero-order chi connectivity index (χ0) is 16.9. The van der Waals surface area contributed by atoms with Crippen molar-refractivity contribution in [2.45, 2.75) is 32.7 Å². The van der Waals surface area contributed by atoms with Gasteiger partial charge in [-0.05, 0) is 68.5 Å². The standard InChI is InChI=1S/C19H29BrN4/c1-15-11-18(20)6-5-17(15)12-22-19(21-2)24-10-7-16(14-24)13-23-8-3-4-9-23/h5-6,11,16H,3-4,7-10,12-14H2,1-2H3,(H,21,22). The van der Waals surface area contributed by atoms with Crippen molar-refractivity contribution >= 4 is 21.9 Å². The van der Waals surface area contributed by atoms with E-state index in [4.69, 9.17) is 0 Å². The summed E-state index contributed by atoms with van der Waals surface area (Å²) in [7, 11) is 1.89. The van der Waals surface area contributed by atoms with Gasteiger partial charge in [0.1, 0.15) is 0 Å². The van der Waals surface area contributed by atoms with E-state index < -0.39 is 0 Å². The van der Waals surface area contributed by atoms with Crippen LogP contribution in [0.25, 0.3) is 0 Å². The number of aliphatic imine (C=N–C) groups is 1. The highest BCUT2D eigenvalue weighted by Crippen LogP contribution is 2.20. The average Bonchev–Trinajstić information content (AvgIpc) is 3.22. The van der Waals surface area contributed by atoms with Gasteiger partial charge in [0, 0.05) is 37.7 Å². The largest absolute Gasteiger partial charge is 0.352 e. The van der Waals surface area contributed by atoms with Gasteiger partial charge in [-0.15, -0.1) is 0 Å². The Morgan fingerprint density at radius 3 is 2.79 bits per heavy atom. The van der Waals surface area contributed by atoms with Crippen LogP contribution in [0.4, 0.5) is 0 Å². The maximum absolute atomic E-state index is 4.51. The molecule has 0 aromatic heterocycles. The van der Waals surface area contributed by atoms with E-state index in [1.54, 1.807) is 0 Å². The molecule has 2 aliphatic rings. The molecule has 1 N–H and O–H groups in total. The predicted molar refractivity (Wildman–Crippen MR) is 104 cm³/mol. The molecule has 5 heteroatoms. The Balaban J connectivity index is 1.51. The lowest BCUT2D eigenvalue weighted by Gasteiger charge is -2.23. The monoisotopic (exact) mass is 392 g/mol. The van der Waals surface area contributed by atoms with Crippen LogP contribution in [0.1, 0.15) is 30.4 Å². The normalized spacial score (nSPS) is 22.4. The molecule has 24 heavy (non-hydrogen) atoms. The Labute approximate surface area is 154 Å².